The minimum atomic E-state index is 0.282. The highest BCUT2D eigenvalue weighted by Gasteiger charge is 2.11. The van der Waals surface area contributed by atoms with Crippen molar-refractivity contribution in [3.8, 4) is 0 Å². The minimum Gasteiger partial charge on any atom is -0.0575 e. The summed E-state index contributed by atoms with van der Waals surface area (Å²) in [5.41, 5.74) is 1.68. The van der Waals surface area contributed by atoms with Crippen LogP contribution in [0.25, 0.3) is 0 Å². The smallest absolute Gasteiger partial charge is 0.0130 e. The van der Waals surface area contributed by atoms with Crippen LogP contribution in [-0.4, -0.2) is 0 Å². The van der Waals surface area contributed by atoms with Crippen molar-refractivity contribution in [2.24, 2.45) is 0 Å². The summed E-state index contributed by atoms with van der Waals surface area (Å²) < 4.78 is 1.30. The molecule has 1 aromatic carbocycles. The van der Waals surface area contributed by atoms with E-state index in [-0.39, 0.29) is 5.41 Å². The van der Waals surface area contributed by atoms with E-state index in [9.17, 15) is 0 Å². The molecule has 11 heavy (non-hydrogen) atoms. The summed E-state index contributed by atoms with van der Waals surface area (Å²) >= 11 is 2.32. The van der Waals surface area contributed by atoms with E-state index in [0.29, 0.717) is 0 Å². The zero-order valence-corrected chi connectivity index (χ0v) is 9.34. The predicted octanol–water partition coefficient (Wildman–Crippen LogP) is 3.59. The number of rotatable bonds is 0. The Bertz CT molecular complexity index is 228. The van der Waals surface area contributed by atoms with E-state index in [1.54, 1.807) is 0 Å². The second-order valence-electron chi connectivity index (χ2n) is 3.76. The molecule has 0 heterocycles. The van der Waals surface area contributed by atoms with Crippen LogP contribution in [0.5, 0.6) is 0 Å². The molecule has 0 bridgehead atoms. The minimum absolute atomic E-state index is 0.282. The third kappa shape index (κ3) is 2.47. The molecule has 0 aliphatic carbocycles. The third-order valence-electron chi connectivity index (χ3n) is 1.71. The lowest BCUT2D eigenvalue weighted by molar-refractivity contribution is 0.590. The largest absolute Gasteiger partial charge is 0.0575 e. The summed E-state index contributed by atoms with van der Waals surface area (Å²) in [7, 11) is 0. The fraction of sp³-hybridized carbons (Fsp3) is 0.400. The van der Waals surface area contributed by atoms with E-state index >= 15 is 0 Å². The Balaban J connectivity index is 2.99. The maximum Gasteiger partial charge on any atom is 0.0130 e. The van der Waals surface area contributed by atoms with Crippen LogP contribution in [0.4, 0.5) is 0 Å². The monoisotopic (exact) mass is 260 g/mol. The van der Waals surface area contributed by atoms with E-state index in [4.69, 9.17) is 0 Å². The molecule has 0 unspecified atom stereocenters. The first-order chi connectivity index (χ1) is 5.00. The first-order valence-electron chi connectivity index (χ1n) is 3.76. The number of hydrogen-bond acceptors (Lipinski definition) is 0. The molecule has 0 aliphatic heterocycles. The van der Waals surface area contributed by atoms with Gasteiger partial charge in [0.15, 0.2) is 0 Å². The van der Waals surface area contributed by atoms with Crippen molar-refractivity contribution >= 4 is 22.6 Å². The molecule has 0 amide bonds. The van der Waals surface area contributed by atoms with Gasteiger partial charge in [0.05, 0.1) is 0 Å². The molecule has 1 aromatic rings. The van der Waals surface area contributed by atoms with Crippen molar-refractivity contribution in [3.63, 3.8) is 0 Å². The van der Waals surface area contributed by atoms with Crippen LogP contribution in [-0.2, 0) is 5.41 Å². The van der Waals surface area contributed by atoms with Crippen LogP contribution >= 0.6 is 22.6 Å². The molecule has 0 saturated carbocycles. The van der Waals surface area contributed by atoms with Crippen LogP contribution in [0.2, 0.25) is 0 Å². The Hall–Kier alpha value is -0.0500. The van der Waals surface area contributed by atoms with Gasteiger partial charge in [-0.25, -0.2) is 0 Å². The van der Waals surface area contributed by atoms with Crippen molar-refractivity contribution < 1.29 is 0 Å². The molecule has 1 heteroatoms. The average molecular weight is 260 g/mol. The van der Waals surface area contributed by atoms with Gasteiger partial charge < -0.3 is 0 Å². The van der Waals surface area contributed by atoms with Crippen LogP contribution in [0, 0.1) is 3.57 Å². The highest BCUT2D eigenvalue weighted by Crippen LogP contribution is 2.22. The normalized spacial score (nSPS) is 11.6. The highest BCUT2D eigenvalue weighted by molar-refractivity contribution is 14.1. The van der Waals surface area contributed by atoms with Gasteiger partial charge in [0, 0.05) is 3.57 Å². The molecule has 60 valence electrons. The van der Waals surface area contributed by atoms with Crippen LogP contribution in [0.1, 0.15) is 26.3 Å². The van der Waals surface area contributed by atoms with E-state index in [1.807, 2.05) is 0 Å². The predicted molar refractivity (Wildman–Crippen MR) is 57.9 cm³/mol. The maximum atomic E-state index is 2.32. The SMILES string of the molecule is CC(C)(C)c1ccc(I)cc1. The number of hydrogen-bond donors (Lipinski definition) is 0. The fourth-order valence-electron chi connectivity index (χ4n) is 0.950. The highest BCUT2D eigenvalue weighted by atomic mass is 127. The molecular formula is C10H13I. The number of benzene rings is 1. The molecule has 0 atom stereocenters. The Labute approximate surface area is 82.2 Å². The van der Waals surface area contributed by atoms with E-state index < -0.39 is 0 Å². The van der Waals surface area contributed by atoms with Crippen LogP contribution in [0.3, 0.4) is 0 Å². The first-order valence-corrected chi connectivity index (χ1v) is 4.84. The van der Waals surface area contributed by atoms with E-state index in [0.717, 1.165) is 0 Å². The summed E-state index contributed by atoms with van der Waals surface area (Å²) in [5, 5.41) is 0. The van der Waals surface area contributed by atoms with Gasteiger partial charge in [-0.2, -0.15) is 0 Å². The lowest BCUT2D eigenvalue weighted by Gasteiger charge is -2.18. The molecule has 1 rings (SSSR count). The molecule has 0 aromatic heterocycles. The molecule has 0 N–H and O–H groups in total. The van der Waals surface area contributed by atoms with E-state index in [1.165, 1.54) is 9.13 Å². The molecule has 0 radical (unpaired) electrons. The molecule has 0 fully saturated rings. The van der Waals surface area contributed by atoms with E-state index in [2.05, 4.69) is 67.6 Å². The zero-order valence-electron chi connectivity index (χ0n) is 7.19. The van der Waals surface area contributed by atoms with Gasteiger partial charge in [-0.1, -0.05) is 32.9 Å². The molecule has 0 saturated heterocycles. The average Bonchev–Trinajstić information content (AvgIpc) is 1.86. The maximum absolute atomic E-state index is 2.32. The second kappa shape index (κ2) is 3.13. The molecule has 0 aliphatic rings. The molecular weight excluding hydrogens is 247 g/mol. The summed E-state index contributed by atoms with van der Waals surface area (Å²) in [4.78, 5) is 0. The standard InChI is InChI=1S/C10H13I/c1-10(2,3)8-4-6-9(11)7-5-8/h4-7H,1-3H3. The molecule has 0 spiro atoms. The zero-order chi connectivity index (χ0) is 8.48. The van der Waals surface area contributed by atoms with Gasteiger partial charge in [-0.15, -0.1) is 0 Å². The lowest BCUT2D eigenvalue weighted by Crippen LogP contribution is -2.10. The van der Waals surface area contributed by atoms with Crippen LogP contribution in [0.15, 0.2) is 24.3 Å². The summed E-state index contributed by atoms with van der Waals surface area (Å²) in [6, 6.07) is 8.70. The van der Waals surface area contributed by atoms with Crippen molar-refractivity contribution in [1.29, 1.82) is 0 Å². The van der Waals surface area contributed by atoms with Gasteiger partial charge >= 0.3 is 0 Å². The van der Waals surface area contributed by atoms with Gasteiger partial charge in [0.2, 0.25) is 0 Å². The number of halogens is 1. The summed E-state index contributed by atoms with van der Waals surface area (Å²) in [5.74, 6) is 0. The molecule has 0 nitrogen and oxygen atoms in total. The Morgan fingerprint density at radius 1 is 1.00 bits per heavy atom. The topological polar surface area (TPSA) is 0 Å². The van der Waals surface area contributed by atoms with Crippen molar-refractivity contribution in [2.45, 2.75) is 26.2 Å². The van der Waals surface area contributed by atoms with Gasteiger partial charge in [-0.05, 0) is 45.7 Å². The van der Waals surface area contributed by atoms with Crippen molar-refractivity contribution in [2.75, 3.05) is 0 Å². The summed E-state index contributed by atoms with van der Waals surface area (Å²) in [6.45, 7) is 6.69. The second-order valence-corrected chi connectivity index (χ2v) is 5.00. The van der Waals surface area contributed by atoms with Crippen molar-refractivity contribution in [1.82, 2.24) is 0 Å². The Kier molecular flexibility index (Phi) is 2.58. The van der Waals surface area contributed by atoms with Crippen LogP contribution < -0.4 is 0 Å². The first kappa shape index (κ1) is 9.04. The van der Waals surface area contributed by atoms with Crippen molar-refractivity contribution in [3.05, 3.63) is 33.4 Å². The fourth-order valence-corrected chi connectivity index (χ4v) is 1.31. The summed E-state index contributed by atoms with van der Waals surface area (Å²) in [6.07, 6.45) is 0. The lowest BCUT2D eigenvalue weighted by atomic mass is 9.87. The van der Waals surface area contributed by atoms with Gasteiger partial charge in [0.1, 0.15) is 0 Å². The Morgan fingerprint density at radius 3 is 1.82 bits per heavy atom. The third-order valence-corrected chi connectivity index (χ3v) is 2.43. The Morgan fingerprint density at radius 2 is 1.45 bits per heavy atom. The van der Waals surface area contributed by atoms with Gasteiger partial charge in [-0.3, -0.25) is 0 Å². The van der Waals surface area contributed by atoms with Gasteiger partial charge in [0.25, 0.3) is 0 Å². The quantitative estimate of drug-likeness (QED) is 0.625.